The van der Waals surface area contributed by atoms with E-state index in [1.54, 1.807) is 11.1 Å². The highest BCUT2D eigenvalue weighted by molar-refractivity contribution is 5.76. The van der Waals surface area contributed by atoms with Crippen LogP contribution in [-0.2, 0) is 11.3 Å². The number of nitro groups is 1. The number of rotatable bonds is 4. The Labute approximate surface area is 132 Å². The van der Waals surface area contributed by atoms with Gasteiger partial charge in [0.05, 0.1) is 4.92 Å². The molecule has 1 aliphatic heterocycles. The van der Waals surface area contributed by atoms with Crippen molar-refractivity contribution in [3.63, 3.8) is 0 Å². The molecule has 2 aromatic rings. The molecule has 0 N–H and O–H groups in total. The van der Waals surface area contributed by atoms with Gasteiger partial charge in [-0.25, -0.2) is 0 Å². The molecule has 2 aromatic heterocycles. The van der Waals surface area contributed by atoms with Crippen LogP contribution in [0.5, 0.6) is 0 Å². The molecular weight excluding hydrogens is 298 g/mol. The van der Waals surface area contributed by atoms with Gasteiger partial charge in [0, 0.05) is 30.9 Å². The maximum atomic E-state index is 12.3. The molecule has 1 atom stereocenters. The lowest BCUT2D eigenvalue weighted by Gasteiger charge is -2.16. The first-order chi connectivity index (χ1) is 11.0. The van der Waals surface area contributed by atoms with Crippen molar-refractivity contribution in [3.05, 3.63) is 52.1 Å². The molecule has 23 heavy (non-hydrogen) atoms. The highest BCUT2D eigenvalue weighted by Gasteiger charge is 2.28. The van der Waals surface area contributed by atoms with Crippen molar-refractivity contribution in [2.75, 3.05) is 13.1 Å². The standard InChI is InChI=1S/C15H17N5O3/c1-11-2-4-16-14(6-11)12-3-5-18(8-12)15(21)10-19-9-13(7-17-19)20(22)23/h2,4,6-7,9,12H,3,5,8,10H2,1H3. The van der Waals surface area contributed by atoms with E-state index in [1.807, 2.05) is 13.0 Å². The molecule has 1 saturated heterocycles. The quantitative estimate of drug-likeness (QED) is 0.629. The topological polar surface area (TPSA) is 94.2 Å². The summed E-state index contributed by atoms with van der Waals surface area (Å²) < 4.78 is 1.30. The molecule has 1 amide bonds. The lowest BCUT2D eigenvalue weighted by Crippen LogP contribution is -2.31. The first-order valence-electron chi connectivity index (χ1n) is 7.40. The van der Waals surface area contributed by atoms with Crippen LogP contribution >= 0.6 is 0 Å². The molecule has 8 heteroatoms. The van der Waals surface area contributed by atoms with Crippen LogP contribution in [0.3, 0.4) is 0 Å². The summed E-state index contributed by atoms with van der Waals surface area (Å²) in [7, 11) is 0. The van der Waals surface area contributed by atoms with Crippen LogP contribution in [0.1, 0.15) is 23.6 Å². The van der Waals surface area contributed by atoms with E-state index >= 15 is 0 Å². The van der Waals surface area contributed by atoms with E-state index in [-0.39, 0.29) is 24.1 Å². The Kier molecular flexibility index (Phi) is 4.05. The van der Waals surface area contributed by atoms with Crippen molar-refractivity contribution in [1.29, 1.82) is 0 Å². The monoisotopic (exact) mass is 315 g/mol. The zero-order valence-electron chi connectivity index (χ0n) is 12.8. The summed E-state index contributed by atoms with van der Waals surface area (Å²) in [5, 5.41) is 14.5. The second kappa shape index (κ2) is 6.15. The summed E-state index contributed by atoms with van der Waals surface area (Å²) in [5.41, 5.74) is 2.06. The van der Waals surface area contributed by atoms with Crippen LogP contribution in [0, 0.1) is 17.0 Å². The van der Waals surface area contributed by atoms with Crippen molar-refractivity contribution >= 4 is 11.6 Å². The van der Waals surface area contributed by atoms with E-state index in [2.05, 4.69) is 16.1 Å². The number of amides is 1. The largest absolute Gasteiger partial charge is 0.340 e. The molecule has 3 rings (SSSR count). The molecule has 0 spiro atoms. The maximum Gasteiger partial charge on any atom is 0.307 e. The van der Waals surface area contributed by atoms with Crippen LogP contribution in [0.2, 0.25) is 0 Å². The fraction of sp³-hybridized carbons (Fsp3) is 0.400. The molecular formula is C15H17N5O3. The third kappa shape index (κ3) is 3.36. The van der Waals surface area contributed by atoms with E-state index in [4.69, 9.17) is 0 Å². The fourth-order valence-electron chi connectivity index (χ4n) is 2.78. The third-order valence-electron chi connectivity index (χ3n) is 4.02. The second-order valence-electron chi connectivity index (χ2n) is 5.74. The van der Waals surface area contributed by atoms with E-state index in [1.165, 1.54) is 10.9 Å². The zero-order valence-corrected chi connectivity index (χ0v) is 12.8. The van der Waals surface area contributed by atoms with Crippen molar-refractivity contribution in [2.24, 2.45) is 0 Å². The van der Waals surface area contributed by atoms with E-state index in [0.29, 0.717) is 13.1 Å². The van der Waals surface area contributed by atoms with Gasteiger partial charge in [-0.3, -0.25) is 24.6 Å². The first-order valence-corrected chi connectivity index (χ1v) is 7.40. The van der Waals surface area contributed by atoms with Gasteiger partial charge in [0.1, 0.15) is 18.9 Å². The van der Waals surface area contributed by atoms with E-state index < -0.39 is 4.92 Å². The molecule has 0 aromatic carbocycles. The summed E-state index contributed by atoms with van der Waals surface area (Å²) in [6, 6.07) is 4.00. The number of carbonyl (C=O) groups excluding carboxylic acids is 1. The molecule has 120 valence electrons. The molecule has 1 fully saturated rings. The molecule has 0 bridgehead atoms. The van der Waals surface area contributed by atoms with E-state index in [9.17, 15) is 14.9 Å². The van der Waals surface area contributed by atoms with Gasteiger partial charge in [-0.1, -0.05) is 0 Å². The van der Waals surface area contributed by atoms with Crippen molar-refractivity contribution in [3.8, 4) is 0 Å². The van der Waals surface area contributed by atoms with Gasteiger partial charge < -0.3 is 4.90 Å². The van der Waals surface area contributed by atoms with Gasteiger partial charge in [-0.05, 0) is 31.0 Å². The number of carbonyl (C=O) groups is 1. The van der Waals surface area contributed by atoms with Crippen LogP contribution in [-0.4, -0.2) is 43.6 Å². The molecule has 3 heterocycles. The minimum Gasteiger partial charge on any atom is -0.340 e. The minimum atomic E-state index is -0.525. The normalized spacial score (nSPS) is 17.4. The first kappa shape index (κ1) is 15.1. The van der Waals surface area contributed by atoms with Crippen LogP contribution in [0.4, 0.5) is 5.69 Å². The number of hydrogen-bond donors (Lipinski definition) is 0. The Morgan fingerprint density at radius 3 is 3.04 bits per heavy atom. The minimum absolute atomic E-state index is 0.0157. The second-order valence-corrected chi connectivity index (χ2v) is 5.74. The van der Waals surface area contributed by atoms with Crippen molar-refractivity contribution < 1.29 is 9.72 Å². The van der Waals surface area contributed by atoms with Gasteiger partial charge in [0.15, 0.2) is 0 Å². The summed E-state index contributed by atoms with van der Waals surface area (Å²) >= 11 is 0. The number of aryl methyl sites for hydroxylation is 1. The number of aromatic nitrogens is 3. The predicted molar refractivity (Wildman–Crippen MR) is 81.8 cm³/mol. The van der Waals surface area contributed by atoms with E-state index in [0.717, 1.165) is 23.9 Å². The average molecular weight is 315 g/mol. The highest BCUT2D eigenvalue weighted by atomic mass is 16.6. The Hall–Kier alpha value is -2.77. The Bertz CT molecular complexity index is 742. The lowest BCUT2D eigenvalue weighted by molar-refractivity contribution is -0.385. The Morgan fingerprint density at radius 2 is 2.35 bits per heavy atom. The SMILES string of the molecule is Cc1ccnc(C2CCN(C(=O)Cn3cc([N+](=O)[O-])cn3)C2)c1. The van der Waals surface area contributed by atoms with Crippen LogP contribution in [0.25, 0.3) is 0 Å². The third-order valence-corrected chi connectivity index (χ3v) is 4.02. The fourth-order valence-corrected chi connectivity index (χ4v) is 2.78. The highest BCUT2D eigenvalue weighted by Crippen LogP contribution is 2.26. The van der Waals surface area contributed by atoms with Gasteiger partial charge in [-0.2, -0.15) is 5.10 Å². The van der Waals surface area contributed by atoms with Gasteiger partial charge in [-0.15, -0.1) is 0 Å². The van der Waals surface area contributed by atoms with Crippen molar-refractivity contribution in [2.45, 2.75) is 25.8 Å². The predicted octanol–water partition coefficient (Wildman–Crippen LogP) is 1.51. The smallest absolute Gasteiger partial charge is 0.307 e. The van der Waals surface area contributed by atoms with Crippen molar-refractivity contribution in [1.82, 2.24) is 19.7 Å². The maximum absolute atomic E-state index is 12.3. The number of hydrogen-bond acceptors (Lipinski definition) is 5. The summed E-state index contributed by atoms with van der Waals surface area (Å²) in [6.45, 7) is 3.33. The van der Waals surface area contributed by atoms with Crippen LogP contribution in [0.15, 0.2) is 30.7 Å². The van der Waals surface area contributed by atoms with Crippen LogP contribution < -0.4 is 0 Å². The van der Waals surface area contributed by atoms with Gasteiger partial charge in [0.2, 0.25) is 5.91 Å². The Morgan fingerprint density at radius 1 is 1.52 bits per heavy atom. The number of likely N-dealkylation sites (tertiary alicyclic amines) is 1. The summed E-state index contributed by atoms with van der Waals surface area (Å²) in [6.07, 6.45) is 5.09. The Balaban J connectivity index is 1.62. The molecule has 0 aliphatic carbocycles. The van der Waals surface area contributed by atoms with Gasteiger partial charge in [0.25, 0.3) is 0 Å². The molecule has 0 radical (unpaired) electrons. The molecule has 0 saturated carbocycles. The average Bonchev–Trinajstić information content (AvgIpc) is 3.16. The lowest BCUT2D eigenvalue weighted by atomic mass is 10.0. The van der Waals surface area contributed by atoms with Gasteiger partial charge >= 0.3 is 5.69 Å². The number of pyridine rings is 1. The summed E-state index contributed by atoms with van der Waals surface area (Å²) in [4.78, 5) is 28.6. The molecule has 8 nitrogen and oxygen atoms in total. The summed E-state index contributed by atoms with van der Waals surface area (Å²) in [5.74, 6) is 0.156. The molecule has 1 aliphatic rings. The molecule has 1 unspecified atom stereocenters. The zero-order chi connectivity index (χ0) is 16.4. The number of nitrogens with zero attached hydrogens (tertiary/aromatic N) is 5.